The average Bonchev–Trinajstić information content (AvgIpc) is 3.36. The van der Waals surface area contributed by atoms with Crippen molar-refractivity contribution < 1.29 is 14.3 Å². The molecule has 0 atom stereocenters. The zero-order valence-corrected chi connectivity index (χ0v) is 23.0. The summed E-state index contributed by atoms with van der Waals surface area (Å²) in [4.78, 5) is 12.6. The lowest BCUT2D eigenvalue weighted by Crippen LogP contribution is -2.20. The number of hydrazone groups is 1. The number of ether oxygens (including phenoxy) is 2. The van der Waals surface area contributed by atoms with Crippen LogP contribution in [0.4, 0.5) is 0 Å². The minimum Gasteiger partial charge on any atom is -0.497 e. The van der Waals surface area contributed by atoms with Crippen LogP contribution < -0.4 is 14.9 Å². The summed E-state index contributed by atoms with van der Waals surface area (Å²) in [5.74, 6) is 1.84. The van der Waals surface area contributed by atoms with Gasteiger partial charge in [0, 0.05) is 16.8 Å². The molecule has 0 saturated carbocycles. The van der Waals surface area contributed by atoms with E-state index < -0.39 is 0 Å². The average molecular weight is 530 g/mol. The van der Waals surface area contributed by atoms with Crippen LogP contribution in [0.2, 0.25) is 0 Å². The number of hydrogen-bond acceptors (Lipinski definition) is 7. The van der Waals surface area contributed by atoms with E-state index in [1.165, 1.54) is 23.5 Å². The van der Waals surface area contributed by atoms with Gasteiger partial charge in [-0.15, -0.1) is 10.2 Å². The lowest BCUT2D eigenvalue weighted by atomic mass is 9.87. The van der Waals surface area contributed by atoms with Gasteiger partial charge in [-0.3, -0.25) is 9.36 Å². The highest BCUT2D eigenvalue weighted by atomic mass is 32.2. The zero-order chi connectivity index (χ0) is 27.1. The van der Waals surface area contributed by atoms with Crippen molar-refractivity contribution in [2.75, 3.05) is 20.0 Å². The number of amides is 1. The van der Waals surface area contributed by atoms with Crippen LogP contribution in [-0.4, -0.2) is 46.9 Å². The fourth-order valence-corrected chi connectivity index (χ4v) is 4.50. The summed E-state index contributed by atoms with van der Waals surface area (Å²) in [6.07, 6.45) is 1.52. The van der Waals surface area contributed by atoms with Crippen molar-refractivity contribution in [3.8, 4) is 28.6 Å². The van der Waals surface area contributed by atoms with Crippen LogP contribution >= 0.6 is 11.8 Å². The molecule has 0 unspecified atom stereocenters. The number of hydrogen-bond donors (Lipinski definition) is 1. The first kappa shape index (κ1) is 26.9. The number of thioether (sulfide) groups is 1. The number of nitrogens with zero attached hydrogens (tertiary/aromatic N) is 4. The van der Waals surface area contributed by atoms with Crippen LogP contribution in [0.1, 0.15) is 31.9 Å². The van der Waals surface area contributed by atoms with Gasteiger partial charge in [-0.05, 0) is 41.3 Å². The van der Waals surface area contributed by atoms with E-state index in [1.807, 2.05) is 34.9 Å². The Morgan fingerprint density at radius 2 is 1.74 bits per heavy atom. The first-order valence-electron chi connectivity index (χ1n) is 12.1. The SMILES string of the molecule is COc1ccc(OC)c(/C=N/NC(=O)CSc2nnc(-c3ccc(C(C)(C)C)cc3)n2-c2ccccc2)c1. The Balaban J connectivity index is 1.51. The molecule has 4 rings (SSSR count). The number of carbonyl (C=O) groups excluding carboxylic acids is 1. The van der Waals surface area contributed by atoms with Gasteiger partial charge in [0.25, 0.3) is 5.91 Å². The molecule has 1 heterocycles. The maximum atomic E-state index is 12.6. The van der Waals surface area contributed by atoms with Crippen molar-refractivity contribution in [1.82, 2.24) is 20.2 Å². The van der Waals surface area contributed by atoms with Crippen molar-refractivity contribution in [2.45, 2.75) is 31.3 Å². The molecule has 3 aromatic carbocycles. The quantitative estimate of drug-likeness (QED) is 0.175. The molecule has 4 aromatic rings. The van der Waals surface area contributed by atoms with Crippen molar-refractivity contribution in [1.29, 1.82) is 0 Å². The third kappa shape index (κ3) is 6.41. The van der Waals surface area contributed by atoms with Gasteiger partial charge in [-0.1, -0.05) is 75.0 Å². The molecular weight excluding hydrogens is 498 g/mol. The first-order valence-corrected chi connectivity index (χ1v) is 13.1. The van der Waals surface area contributed by atoms with Crippen molar-refractivity contribution in [3.05, 3.63) is 83.9 Å². The van der Waals surface area contributed by atoms with E-state index >= 15 is 0 Å². The van der Waals surface area contributed by atoms with E-state index in [2.05, 4.69) is 65.8 Å². The summed E-state index contributed by atoms with van der Waals surface area (Å²) >= 11 is 1.29. The van der Waals surface area contributed by atoms with E-state index in [4.69, 9.17) is 9.47 Å². The van der Waals surface area contributed by atoms with Crippen molar-refractivity contribution in [3.63, 3.8) is 0 Å². The van der Waals surface area contributed by atoms with E-state index in [-0.39, 0.29) is 17.1 Å². The Bertz CT molecular complexity index is 1410. The summed E-state index contributed by atoms with van der Waals surface area (Å²) in [7, 11) is 3.16. The number of methoxy groups -OCH3 is 2. The predicted octanol–water partition coefficient (Wildman–Crippen LogP) is 5.49. The number of carbonyl (C=O) groups is 1. The molecule has 1 amide bonds. The third-order valence-electron chi connectivity index (χ3n) is 5.82. The Labute approximate surface area is 227 Å². The number of aromatic nitrogens is 3. The fraction of sp³-hybridized carbons (Fsp3) is 0.241. The molecule has 0 aliphatic rings. The topological polar surface area (TPSA) is 90.6 Å². The highest BCUT2D eigenvalue weighted by Gasteiger charge is 2.19. The van der Waals surface area contributed by atoms with Gasteiger partial charge in [0.2, 0.25) is 0 Å². The van der Waals surface area contributed by atoms with Gasteiger partial charge < -0.3 is 9.47 Å². The Kier molecular flexibility index (Phi) is 8.48. The largest absolute Gasteiger partial charge is 0.497 e. The second-order valence-corrected chi connectivity index (χ2v) is 10.4. The van der Waals surface area contributed by atoms with Crippen LogP contribution in [0.25, 0.3) is 17.1 Å². The molecule has 0 aliphatic carbocycles. The van der Waals surface area contributed by atoms with E-state index in [0.717, 1.165) is 11.3 Å². The minimum absolute atomic E-state index is 0.0558. The molecule has 0 spiro atoms. The van der Waals surface area contributed by atoms with Crippen LogP contribution in [0.5, 0.6) is 11.5 Å². The van der Waals surface area contributed by atoms with Crippen molar-refractivity contribution >= 4 is 23.9 Å². The van der Waals surface area contributed by atoms with Crippen LogP contribution in [0, 0.1) is 0 Å². The maximum Gasteiger partial charge on any atom is 0.250 e. The second kappa shape index (κ2) is 12.0. The lowest BCUT2D eigenvalue weighted by Gasteiger charge is -2.19. The lowest BCUT2D eigenvalue weighted by molar-refractivity contribution is -0.118. The monoisotopic (exact) mass is 529 g/mol. The molecule has 196 valence electrons. The smallest absolute Gasteiger partial charge is 0.250 e. The maximum absolute atomic E-state index is 12.6. The van der Waals surface area contributed by atoms with Crippen molar-refractivity contribution in [2.24, 2.45) is 5.10 Å². The summed E-state index contributed by atoms with van der Waals surface area (Å²) < 4.78 is 12.6. The molecule has 38 heavy (non-hydrogen) atoms. The second-order valence-electron chi connectivity index (χ2n) is 9.49. The molecule has 0 radical (unpaired) electrons. The molecule has 1 N–H and O–H groups in total. The fourth-order valence-electron chi connectivity index (χ4n) is 3.76. The van der Waals surface area contributed by atoms with Crippen LogP contribution in [0.15, 0.2) is 83.1 Å². The normalized spacial score (nSPS) is 11.5. The van der Waals surface area contributed by atoms with Gasteiger partial charge in [-0.25, -0.2) is 5.43 Å². The molecule has 0 fully saturated rings. The van der Waals surface area contributed by atoms with Gasteiger partial charge >= 0.3 is 0 Å². The minimum atomic E-state index is -0.271. The third-order valence-corrected chi connectivity index (χ3v) is 6.75. The summed E-state index contributed by atoms with van der Waals surface area (Å²) in [6.45, 7) is 6.56. The molecular formula is C29H31N5O3S. The van der Waals surface area contributed by atoms with Crippen LogP contribution in [-0.2, 0) is 10.2 Å². The number of para-hydroxylation sites is 1. The number of nitrogens with one attached hydrogen (secondary N) is 1. The summed E-state index contributed by atoms with van der Waals surface area (Å²) in [6, 6.07) is 23.6. The van der Waals surface area contributed by atoms with Gasteiger partial charge in [0.05, 0.1) is 26.2 Å². The molecule has 0 aliphatic heterocycles. The van der Waals surface area contributed by atoms with E-state index in [9.17, 15) is 4.79 Å². The molecule has 9 heteroatoms. The molecule has 0 saturated heterocycles. The highest BCUT2D eigenvalue weighted by Crippen LogP contribution is 2.30. The predicted molar refractivity (Wildman–Crippen MR) is 152 cm³/mol. The first-order chi connectivity index (χ1) is 18.3. The van der Waals surface area contributed by atoms with Gasteiger partial charge in [-0.2, -0.15) is 5.10 Å². The Morgan fingerprint density at radius 3 is 2.39 bits per heavy atom. The number of benzene rings is 3. The zero-order valence-electron chi connectivity index (χ0n) is 22.1. The standard InChI is InChI=1S/C29H31N5O3S/c1-29(2,3)22-13-11-20(12-14-22)27-32-33-28(34(27)23-9-7-6-8-10-23)38-19-26(35)31-30-18-21-17-24(36-4)15-16-25(21)37-5/h6-18H,19H2,1-5H3,(H,31,35)/b30-18+. The number of rotatable bonds is 9. The van der Waals surface area contributed by atoms with Crippen LogP contribution in [0.3, 0.4) is 0 Å². The van der Waals surface area contributed by atoms with E-state index in [1.54, 1.807) is 32.4 Å². The van der Waals surface area contributed by atoms with Gasteiger partial charge in [0.1, 0.15) is 11.5 Å². The molecule has 8 nitrogen and oxygen atoms in total. The molecule has 0 bridgehead atoms. The summed E-state index contributed by atoms with van der Waals surface area (Å²) in [5.41, 5.74) is 6.41. The highest BCUT2D eigenvalue weighted by molar-refractivity contribution is 7.99. The Hall–Kier alpha value is -4.11. The van der Waals surface area contributed by atoms with E-state index in [0.29, 0.717) is 28.0 Å². The summed E-state index contributed by atoms with van der Waals surface area (Å²) in [5, 5.41) is 13.6. The molecule has 1 aromatic heterocycles. The van der Waals surface area contributed by atoms with Gasteiger partial charge in [0.15, 0.2) is 11.0 Å². The Morgan fingerprint density at radius 1 is 1.00 bits per heavy atom.